The van der Waals surface area contributed by atoms with Crippen molar-refractivity contribution < 1.29 is 5.11 Å². The van der Waals surface area contributed by atoms with E-state index in [9.17, 15) is 5.11 Å². The molecule has 1 saturated heterocycles. The summed E-state index contributed by atoms with van der Waals surface area (Å²) in [6, 6.07) is 12.1. The number of hydrogen-bond donors (Lipinski definition) is 2. The molecule has 0 saturated carbocycles. The first kappa shape index (κ1) is 14.7. The lowest BCUT2D eigenvalue weighted by Crippen LogP contribution is -2.33. The summed E-state index contributed by atoms with van der Waals surface area (Å²) in [7, 11) is 0. The van der Waals surface area contributed by atoms with Crippen molar-refractivity contribution in [3.8, 4) is 0 Å². The van der Waals surface area contributed by atoms with Gasteiger partial charge < -0.3 is 15.7 Å². The highest BCUT2D eigenvalue weighted by molar-refractivity contribution is 5.46. The zero-order chi connectivity index (χ0) is 15.4. The largest absolute Gasteiger partial charge is 0.390 e. The molecule has 116 valence electrons. The second-order valence-electron chi connectivity index (χ2n) is 5.62. The second-order valence-corrected chi connectivity index (χ2v) is 5.62. The van der Waals surface area contributed by atoms with Crippen LogP contribution >= 0.6 is 0 Å². The summed E-state index contributed by atoms with van der Waals surface area (Å²) in [4.78, 5) is 12.5. The maximum Gasteiger partial charge on any atom is 0.134 e. The summed E-state index contributed by atoms with van der Waals surface area (Å²) in [6.45, 7) is 3.74. The van der Waals surface area contributed by atoms with Crippen molar-refractivity contribution in [3.63, 3.8) is 0 Å². The number of aliphatic hydroxyl groups excluding tert-OH is 1. The summed E-state index contributed by atoms with van der Waals surface area (Å²) in [5.41, 5.74) is 6.98. The fourth-order valence-corrected chi connectivity index (χ4v) is 2.78. The minimum absolute atomic E-state index is 0.414. The maximum atomic E-state index is 10.3. The zero-order valence-corrected chi connectivity index (χ0v) is 12.5. The van der Waals surface area contributed by atoms with Gasteiger partial charge in [0, 0.05) is 38.8 Å². The fraction of sp³-hybridized carbons (Fsp3) is 0.375. The second kappa shape index (κ2) is 6.72. The molecule has 1 aliphatic heterocycles. The number of nitrogens with zero attached hydrogens (tertiary/aromatic N) is 4. The molecular formula is C16H21N5O. The molecule has 2 aromatic rings. The van der Waals surface area contributed by atoms with Crippen LogP contribution in [0.2, 0.25) is 0 Å². The fourth-order valence-electron chi connectivity index (χ4n) is 2.78. The Hall–Kier alpha value is -2.18. The Morgan fingerprint density at radius 2 is 1.95 bits per heavy atom. The van der Waals surface area contributed by atoms with E-state index in [-0.39, 0.29) is 0 Å². The first-order valence-electron chi connectivity index (χ1n) is 7.47. The summed E-state index contributed by atoms with van der Waals surface area (Å²) >= 11 is 0. The van der Waals surface area contributed by atoms with Gasteiger partial charge in [0.15, 0.2) is 0 Å². The first-order valence-corrected chi connectivity index (χ1v) is 7.47. The third kappa shape index (κ3) is 3.72. The van der Waals surface area contributed by atoms with E-state index in [4.69, 9.17) is 5.73 Å². The van der Waals surface area contributed by atoms with Crippen LogP contribution < -0.4 is 10.6 Å². The number of rotatable bonds is 3. The summed E-state index contributed by atoms with van der Waals surface area (Å²) in [5, 5.41) is 10.3. The van der Waals surface area contributed by atoms with Gasteiger partial charge in [-0.15, -0.1) is 0 Å². The number of anilines is 2. The Balaban J connectivity index is 1.67. The van der Waals surface area contributed by atoms with Crippen LogP contribution in [-0.2, 0) is 6.54 Å². The highest BCUT2D eigenvalue weighted by Crippen LogP contribution is 2.16. The van der Waals surface area contributed by atoms with Crippen molar-refractivity contribution in [2.24, 2.45) is 0 Å². The zero-order valence-electron chi connectivity index (χ0n) is 12.5. The molecule has 0 bridgehead atoms. The van der Waals surface area contributed by atoms with Crippen LogP contribution in [0, 0.1) is 0 Å². The molecule has 3 rings (SSSR count). The van der Waals surface area contributed by atoms with Crippen LogP contribution in [0.5, 0.6) is 0 Å². The lowest BCUT2D eigenvalue weighted by molar-refractivity contribution is 0.129. The first-order chi connectivity index (χ1) is 10.7. The van der Waals surface area contributed by atoms with E-state index in [0.29, 0.717) is 18.9 Å². The van der Waals surface area contributed by atoms with Gasteiger partial charge in [0.25, 0.3) is 0 Å². The summed E-state index contributed by atoms with van der Waals surface area (Å²) in [6.07, 6.45) is 1.05. The van der Waals surface area contributed by atoms with Gasteiger partial charge in [0.2, 0.25) is 0 Å². The number of aliphatic hydroxyl groups is 1. The number of hydrogen-bond acceptors (Lipinski definition) is 6. The lowest BCUT2D eigenvalue weighted by Gasteiger charge is -2.22. The van der Waals surface area contributed by atoms with Crippen LogP contribution in [0.1, 0.15) is 5.56 Å². The summed E-state index contributed by atoms with van der Waals surface area (Å²) in [5.74, 6) is 1.22. The third-order valence-electron chi connectivity index (χ3n) is 3.83. The third-order valence-corrected chi connectivity index (χ3v) is 3.83. The molecule has 1 aromatic carbocycles. The predicted octanol–water partition coefficient (Wildman–Crippen LogP) is 0.742. The van der Waals surface area contributed by atoms with Crippen molar-refractivity contribution in [2.45, 2.75) is 12.6 Å². The minimum atomic E-state index is -0.414. The Bertz CT molecular complexity index is 606. The molecule has 1 aliphatic rings. The smallest absolute Gasteiger partial charge is 0.134 e. The Morgan fingerprint density at radius 3 is 2.73 bits per heavy atom. The normalized spacial score (nSPS) is 19.9. The number of nitrogen functional groups attached to an aromatic ring is 1. The van der Waals surface area contributed by atoms with E-state index in [1.165, 1.54) is 11.9 Å². The molecule has 6 heteroatoms. The van der Waals surface area contributed by atoms with E-state index in [2.05, 4.69) is 31.9 Å². The van der Waals surface area contributed by atoms with Crippen LogP contribution in [0.3, 0.4) is 0 Å². The summed E-state index contributed by atoms with van der Waals surface area (Å²) < 4.78 is 0. The van der Waals surface area contributed by atoms with Gasteiger partial charge in [0.1, 0.15) is 18.0 Å². The van der Waals surface area contributed by atoms with E-state index in [1.54, 1.807) is 6.07 Å². The number of nitrogens with two attached hydrogens (primary N) is 1. The van der Waals surface area contributed by atoms with Gasteiger partial charge in [0.05, 0.1) is 6.10 Å². The van der Waals surface area contributed by atoms with Crippen LogP contribution in [-0.4, -0.2) is 52.3 Å². The lowest BCUT2D eigenvalue weighted by atomic mass is 10.2. The molecule has 1 atom stereocenters. The monoisotopic (exact) mass is 299 g/mol. The molecule has 0 aliphatic carbocycles. The van der Waals surface area contributed by atoms with Crippen molar-refractivity contribution in [2.75, 3.05) is 36.8 Å². The van der Waals surface area contributed by atoms with Crippen molar-refractivity contribution in [3.05, 3.63) is 48.3 Å². The predicted molar refractivity (Wildman–Crippen MR) is 86.4 cm³/mol. The van der Waals surface area contributed by atoms with Gasteiger partial charge >= 0.3 is 0 Å². The molecule has 3 N–H and O–H groups in total. The average Bonchev–Trinajstić information content (AvgIpc) is 2.70. The molecule has 0 spiro atoms. The molecule has 0 radical (unpaired) electrons. The van der Waals surface area contributed by atoms with Gasteiger partial charge in [-0.1, -0.05) is 30.3 Å². The average molecular weight is 299 g/mol. The minimum Gasteiger partial charge on any atom is -0.390 e. The molecule has 6 nitrogen and oxygen atoms in total. The van der Waals surface area contributed by atoms with Gasteiger partial charge in [-0.05, 0) is 5.56 Å². The molecule has 22 heavy (non-hydrogen) atoms. The molecule has 2 heterocycles. The standard InChI is InChI=1S/C16H21N5O/c17-15-8-16(19-12-18-15)21-7-6-20(10-14(22)11-21)9-13-4-2-1-3-5-13/h1-5,8,12,14,22H,6-7,9-11H2,(H2,17,18,19). The number of β-amino-alcohol motifs (C(OH)–C–C–N with tert-alkyl or cyclic N) is 1. The SMILES string of the molecule is Nc1cc(N2CCN(Cc3ccccc3)CC(O)C2)ncn1. The van der Waals surface area contributed by atoms with Crippen molar-refractivity contribution >= 4 is 11.6 Å². The molecule has 1 aromatic heterocycles. The van der Waals surface area contributed by atoms with Gasteiger partial charge in [-0.3, -0.25) is 4.90 Å². The number of benzene rings is 1. The highest BCUT2D eigenvalue weighted by atomic mass is 16.3. The van der Waals surface area contributed by atoms with Crippen LogP contribution in [0.15, 0.2) is 42.7 Å². The Morgan fingerprint density at radius 1 is 1.14 bits per heavy atom. The highest BCUT2D eigenvalue weighted by Gasteiger charge is 2.22. The molecule has 1 fully saturated rings. The van der Waals surface area contributed by atoms with Crippen LogP contribution in [0.4, 0.5) is 11.6 Å². The van der Waals surface area contributed by atoms with Crippen LogP contribution in [0.25, 0.3) is 0 Å². The molecule has 0 amide bonds. The molecular weight excluding hydrogens is 278 g/mol. The quantitative estimate of drug-likeness (QED) is 0.870. The van der Waals surface area contributed by atoms with E-state index < -0.39 is 6.10 Å². The Labute approximate surface area is 130 Å². The Kier molecular flexibility index (Phi) is 4.50. The van der Waals surface area contributed by atoms with E-state index in [1.807, 2.05) is 18.2 Å². The van der Waals surface area contributed by atoms with E-state index in [0.717, 1.165) is 25.5 Å². The van der Waals surface area contributed by atoms with Crippen molar-refractivity contribution in [1.82, 2.24) is 14.9 Å². The van der Waals surface area contributed by atoms with Gasteiger partial charge in [-0.25, -0.2) is 9.97 Å². The topological polar surface area (TPSA) is 78.5 Å². The molecule has 1 unspecified atom stereocenters. The maximum absolute atomic E-state index is 10.3. The van der Waals surface area contributed by atoms with Crippen molar-refractivity contribution in [1.29, 1.82) is 0 Å². The number of aromatic nitrogens is 2. The van der Waals surface area contributed by atoms with E-state index >= 15 is 0 Å². The van der Waals surface area contributed by atoms with Gasteiger partial charge in [-0.2, -0.15) is 0 Å².